The maximum atomic E-state index is 13.5. The van der Waals surface area contributed by atoms with E-state index in [1.807, 2.05) is 0 Å². The molecule has 2 aliphatic heterocycles. The second kappa shape index (κ2) is 11.2. The lowest BCUT2D eigenvalue weighted by atomic mass is 9.88. The molecule has 2 saturated heterocycles. The van der Waals surface area contributed by atoms with Crippen molar-refractivity contribution in [3.63, 3.8) is 0 Å². The van der Waals surface area contributed by atoms with E-state index in [9.17, 15) is 28.7 Å². The lowest BCUT2D eigenvalue weighted by molar-refractivity contribution is -0.188. The van der Waals surface area contributed by atoms with Gasteiger partial charge >= 0.3 is 12.0 Å². The Labute approximate surface area is 210 Å². The Bertz CT molecular complexity index is 984. The number of halogens is 1. The highest BCUT2D eigenvalue weighted by Gasteiger charge is 2.50. The third-order valence-corrected chi connectivity index (χ3v) is 7.34. The Morgan fingerprint density at radius 3 is 2.47 bits per heavy atom. The number of hydrogen-bond acceptors (Lipinski definition) is 5. The van der Waals surface area contributed by atoms with Gasteiger partial charge in [0.2, 0.25) is 11.8 Å². The number of aliphatic carboxylic acids is 1. The number of benzene rings is 1. The molecule has 36 heavy (non-hydrogen) atoms. The zero-order valence-electron chi connectivity index (χ0n) is 20.6. The average molecular weight is 504 g/mol. The van der Waals surface area contributed by atoms with Crippen molar-refractivity contribution >= 4 is 23.8 Å². The quantitative estimate of drug-likeness (QED) is 0.589. The molecule has 3 fully saturated rings. The number of urea groups is 1. The number of nitrogens with zero attached hydrogens (tertiary/aromatic N) is 4. The summed E-state index contributed by atoms with van der Waals surface area (Å²) in [6.45, 7) is 0.756. The first-order valence-corrected chi connectivity index (χ1v) is 12.6. The summed E-state index contributed by atoms with van der Waals surface area (Å²) in [5.74, 6) is -1.62. The number of likely N-dealkylation sites (N-methyl/N-ethyl adjacent to an activating group) is 1. The zero-order valence-corrected chi connectivity index (χ0v) is 20.6. The summed E-state index contributed by atoms with van der Waals surface area (Å²) in [6.07, 6.45) is 4.46. The van der Waals surface area contributed by atoms with Crippen LogP contribution in [0, 0.1) is 11.7 Å². The topological polar surface area (TPSA) is 114 Å². The third-order valence-electron chi connectivity index (χ3n) is 7.34. The lowest BCUT2D eigenvalue weighted by Crippen LogP contribution is -2.76. The minimum absolute atomic E-state index is 0.00761. The van der Waals surface area contributed by atoms with Crippen molar-refractivity contribution < 1.29 is 28.7 Å². The molecule has 0 unspecified atom stereocenters. The number of piperazine rings is 1. The summed E-state index contributed by atoms with van der Waals surface area (Å²) in [7, 11) is 1.64. The third kappa shape index (κ3) is 5.77. The molecule has 2 heterocycles. The van der Waals surface area contributed by atoms with Gasteiger partial charge in [0.15, 0.2) is 0 Å². The van der Waals surface area contributed by atoms with Gasteiger partial charge in [-0.15, -0.1) is 0 Å². The highest BCUT2D eigenvalue weighted by molar-refractivity contribution is 5.91. The zero-order chi connectivity index (χ0) is 25.8. The van der Waals surface area contributed by atoms with Crippen molar-refractivity contribution in [2.75, 3.05) is 26.7 Å². The fraction of sp³-hybridized carbons (Fsp3) is 0.600. The van der Waals surface area contributed by atoms with Crippen LogP contribution in [0.4, 0.5) is 9.18 Å². The van der Waals surface area contributed by atoms with Crippen LogP contribution in [-0.2, 0) is 20.9 Å². The van der Waals surface area contributed by atoms with Gasteiger partial charge in [-0.3, -0.25) is 14.4 Å². The molecule has 2 N–H and O–H groups in total. The summed E-state index contributed by atoms with van der Waals surface area (Å²) in [4.78, 5) is 54.3. The molecular weight excluding hydrogens is 469 g/mol. The molecule has 1 aliphatic carbocycles. The number of rotatable bonds is 7. The number of nitrogens with one attached hydrogen (secondary N) is 1. The van der Waals surface area contributed by atoms with E-state index in [1.165, 1.54) is 33.5 Å². The van der Waals surface area contributed by atoms with Gasteiger partial charge in [0.25, 0.3) is 0 Å². The Balaban J connectivity index is 1.56. The van der Waals surface area contributed by atoms with E-state index in [1.54, 1.807) is 24.1 Å². The van der Waals surface area contributed by atoms with Crippen LogP contribution < -0.4 is 5.32 Å². The van der Waals surface area contributed by atoms with E-state index in [4.69, 9.17) is 0 Å². The Morgan fingerprint density at radius 1 is 1.11 bits per heavy atom. The van der Waals surface area contributed by atoms with Crippen molar-refractivity contribution in [3.05, 3.63) is 35.6 Å². The molecule has 0 bridgehead atoms. The molecule has 4 rings (SSSR count). The molecule has 10 nitrogen and oxygen atoms in total. The number of hydrogen-bond donors (Lipinski definition) is 2. The van der Waals surface area contributed by atoms with Crippen LogP contribution in [0.2, 0.25) is 0 Å². The fourth-order valence-electron chi connectivity index (χ4n) is 5.55. The van der Waals surface area contributed by atoms with Gasteiger partial charge in [-0.1, -0.05) is 31.4 Å². The van der Waals surface area contributed by atoms with E-state index in [0.717, 1.165) is 31.2 Å². The van der Waals surface area contributed by atoms with Gasteiger partial charge in [0.05, 0.1) is 13.1 Å². The number of carboxylic acids is 1. The van der Waals surface area contributed by atoms with Crippen molar-refractivity contribution in [3.8, 4) is 0 Å². The lowest BCUT2D eigenvalue weighted by Gasteiger charge is -2.54. The molecule has 0 radical (unpaired) electrons. The van der Waals surface area contributed by atoms with Crippen LogP contribution in [-0.4, -0.2) is 87.6 Å². The predicted molar refractivity (Wildman–Crippen MR) is 128 cm³/mol. The largest absolute Gasteiger partial charge is 0.481 e. The normalized spacial score (nSPS) is 23.6. The fourth-order valence-corrected chi connectivity index (χ4v) is 5.55. The van der Waals surface area contributed by atoms with Gasteiger partial charge < -0.3 is 20.2 Å². The first-order chi connectivity index (χ1) is 17.2. The maximum Gasteiger partial charge on any atom is 0.334 e. The molecule has 1 saturated carbocycles. The highest BCUT2D eigenvalue weighted by Crippen LogP contribution is 2.31. The van der Waals surface area contributed by atoms with Crippen LogP contribution >= 0.6 is 0 Å². The van der Waals surface area contributed by atoms with E-state index < -0.39 is 24.2 Å². The predicted octanol–water partition coefficient (Wildman–Crippen LogP) is 2.01. The van der Waals surface area contributed by atoms with E-state index in [-0.39, 0.29) is 50.1 Å². The molecule has 1 aromatic carbocycles. The van der Waals surface area contributed by atoms with Crippen LogP contribution in [0.25, 0.3) is 0 Å². The Morgan fingerprint density at radius 2 is 1.81 bits per heavy atom. The van der Waals surface area contributed by atoms with Gasteiger partial charge in [-0.05, 0) is 42.9 Å². The maximum absolute atomic E-state index is 13.5. The first-order valence-electron chi connectivity index (χ1n) is 12.6. The number of carbonyl (C=O) groups is 4. The van der Waals surface area contributed by atoms with Crippen LogP contribution in [0.15, 0.2) is 24.3 Å². The van der Waals surface area contributed by atoms with Gasteiger partial charge in [-0.25, -0.2) is 19.2 Å². The molecular formula is C25H34FN5O5. The molecule has 3 aliphatic rings. The van der Waals surface area contributed by atoms with Gasteiger partial charge in [-0.2, -0.15) is 0 Å². The summed E-state index contributed by atoms with van der Waals surface area (Å²) >= 11 is 0. The summed E-state index contributed by atoms with van der Waals surface area (Å²) in [5.41, 5.74) is 0.717. The summed E-state index contributed by atoms with van der Waals surface area (Å²) < 4.78 is 13.2. The minimum atomic E-state index is -1.04. The van der Waals surface area contributed by atoms with Crippen molar-refractivity contribution in [1.82, 2.24) is 25.1 Å². The number of hydrazine groups is 1. The van der Waals surface area contributed by atoms with Gasteiger partial charge in [0.1, 0.15) is 18.0 Å². The monoisotopic (exact) mass is 503 g/mol. The minimum Gasteiger partial charge on any atom is -0.481 e. The summed E-state index contributed by atoms with van der Waals surface area (Å²) in [5, 5.41) is 15.1. The van der Waals surface area contributed by atoms with E-state index >= 15 is 0 Å². The van der Waals surface area contributed by atoms with E-state index in [2.05, 4.69) is 5.32 Å². The SMILES string of the molecule is CN1CC(=O)N2[C@@H](CCC(=O)O)C(=O)N(CC3CCCCC3)C[C@@H]2N1C(=O)NCc1ccc(F)cc1. The molecule has 196 valence electrons. The number of amides is 4. The molecule has 0 aromatic heterocycles. The Hall–Kier alpha value is -3.21. The van der Waals surface area contributed by atoms with Crippen LogP contribution in [0.3, 0.4) is 0 Å². The molecule has 1 aromatic rings. The second-order valence-electron chi connectivity index (χ2n) is 9.92. The second-order valence-corrected chi connectivity index (χ2v) is 9.92. The van der Waals surface area contributed by atoms with Crippen LogP contribution in [0.1, 0.15) is 50.5 Å². The summed E-state index contributed by atoms with van der Waals surface area (Å²) in [6, 6.07) is 4.41. The van der Waals surface area contributed by atoms with Gasteiger partial charge in [0, 0.05) is 26.6 Å². The number of carbonyl (C=O) groups excluding carboxylic acids is 3. The Kier molecular flexibility index (Phi) is 8.07. The van der Waals surface area contributed by atoms with Crippen molar-refractivity contribution in [1.29, 1.82) is 0 Å². The smallest absolute Gasteiger partial charge is 0.334 e. The van der Waals surface area contributed by atoms with Crippen molar-refractivity contribution in [2.45, 2.75) is 63.7 Å². The molecule has 0 spiro atoms. The average Bonchev–Trinajstić information content (AvgIpc) is 2.84. The number of fused-ring (bicyclic) bond motifs is 1. The first kappa shape index (κ1) is 25.9. The molecule has 4 amide bonds. The van der Waals surface area contributed by atoms with E-state index in [0.29, 0.717) is 12.5 Å². The van der Waals surface area contributed by atoms with Crippen LogP contribution in [0.5, 0.6) is 0 Å². The molecule has 11 heteroatoms. The van der Waals surface area contributed by atoms with Crippen molar-refractivity contribution in [2.24, 2.45) is 5.92 Å². The number of carboxylic acid groups (broad SMARTS) is 1. The molecule has 2 atom stereocenters. The standard InChI is InChI=1S/C25H34FN5O5/c1-28-16-22(32)30-20(11-12-23(33)34)24(35)29(14-18-5-3-2-4-6-18)15-21(30)31(28)25(36)27-13-17-7-9-19(26)10-8-17/h7-10,18,20-21H,2-6,11-16H2,1H3,(H,27,36)(H,33,34)/t20-,21-/m0/s1. The highest BCUT2D eigenvalue weighted by atomic mass is 19.1.